The number of hydrazone groups is 1. The van der Waals surface area contributed by atoms with E-state index in [1.807, 2.05) is 12.1 Å². The molecule has 5 aromatic rings. The van der Waals surface area contributed by atoms with Crippen molar-refractivity contribution >= 4 is 39.6 Å². The van der Waals surface area contributed by atoms with Crippen molar-refractivity contribution in [1.82, 2.24) is 9.99 Å². The Balaban J connectivity index is 1.36. The summed E-state index contributed by atoms with van der Waals surface area (Å²) in [6, 6.07) is 22.4. The zero-order valence-electron chi connectivity index (χ0n) is 19.2. The number of nitro groups is 1. The molecule has 0 unspecified atom stereocenters. The molecule has 9 nitrogen and oxygen atoms in total. The average Bonchev–Trinajstić information content (AvgIpc) is 3.35. The number of hydrogen-bond donors (Lipinski definition) is 1. The number of benzene rings is 3. The van der Waals surface area contributed by atoms with Gasteiger partial charge in [-0.25, -0.2) is 5.43 Å². The van der Waals surface area contributed by atoms with Gasteiger partial charge in [0.05, 0.1) is 27.7 Å². The summed E-state index contributed by atoms with van der Waals surface area (Å²) in [5.41, 5.74) is 4.75. The Kier molecular flexibility index (Phi) is 5.87. The number of carbonyl (C=O) groups excluding carboxylic acids is 1. The number of hydrogen-bond acceptors (Lipinski definition) is 6. The molecular formula is C27H20N4O5. The van der Waals surface area contributed by atoms with Crippen LogP contribution in [0, 0.1) is 17.0 Å². The first-order valence-electron chi connectivity index (χ1n) is 11.1. The molecule has 0 bridgehead atoms. The summed E-state index contributed by atoms with van der Waals surface area (Å²) in [6.07, 6.45) is 1.32. The van der Waals surface area contributed by atoms with Crippen molar-refractivity contribution in [3.05, 3.63) is 111 Å². The topological polar surface area (TPSA) is 120 Å². The third-order valence-corrected chi connectivity index (χ3v) is 5.80. The van der Waals surface area contributed by atoms with Gasteiger partial charge in [-0.15, -0.1) is 0 Å². The number of fused-ring (bicyclic) bond motifs is 2. The van der Waals surface area contributed by atoms with E-state index < -0.39 is 10.8 Å². The van der Waals surface area contributed by atoms with Crippen LogP contribution in [0.15, 0.2) is 93.2 Å². The maximum atomic E-state index is 12.8. The van der Waals surface area contributed by atoms with Gasteiger partial charge < -0.3 is 8.98 Å². The Labute approximate surface area is 204 Å². The molecule has 0 aliphatic heterocycles. The molecule has 9 heteroatoms. The number of aromatic nitrogens is 1. The maximum Gasteiger partial charge on any atom is 0.280 e. The summed E-state index contributed by atoms with van der Waals surface area (Å²) in [6.45, 7) is 1.72. The molecule has 0 spiro atoms. The zero-order chi connectivity index (χ0) is 25.2. The second-order valence-corrected chi connectivity index (χ2v) is 8.22. The summed E-state index contributed by atoms with van der Waals surface area (Å²) in [4.78, 5) is 36.5. The fraction of sp³-hybridized carbons (Fsp3) is 0.0741. The molecule has 0 saturated carbocycles. The minimum Gasteiger partial charge on any atom is -0.455 e. The highest BCUT2D eigenvalue weighted by molar-refractivity contribution is 5.95. The van der Waals surface area contributed by atoms with Crippen LogP contribution in [0.25, 0.3) is 33.1 Å². The van der Waals surface area contributed by atoms with Gasteiger partial charge in [-0.3, -0.25) is 19.7 Å². The first-order chi connectivity index (χ1) is 17.4. The Morgan fingerprint density at radius 3 is 2.36 bits per heavy atom. The van der Waals surface area contributed by atoms with Crippen molar-refractivity contribution in [3.63, 3.8) is 0 Å². The van der Waals surface area contributed by atoms with E-state index in [2.05, 4.69) is 10.5 Å². The van der Waals surface area contributed by atoms with Gasteiger partial charge in [-0.05, 0) is 55.0 Å². The monoisotopic (exact) mass is 480 g/mol. The van der Waals surface area contributed by atoms with Gasteiger partial charge in [0.15, 0.2) is 5.43 Å². The van der Waals surface area contributed by atoms with Crippen LogP contribution in [-0.2, 0) is 11.3 Å². The summed E-state index contributed by atoms with van der Waals surface area (Å²) >= 11 is 0. The number of aryl methyl sites for hydroxylation is 1. The number of para-hydroxylation sites is 2. The number of carbonyl (C=O) groups is 1. The highest BCUT2D eigenvalue weighted by Crippen LogP contribution is 2.31. The SMILES string of the molecule is Cc1ccc(-c2ccc(/C=N\NC(=O)Cn3c4ccccc4c(=O)c4ccccc43)o2)c([N+](=O)[O-])c1. The van der Waals surface area contributed by atoms with Crippen LogP contribution in [0.1, 0.15) is 11.3 Å². The van der Waals surface area contributed by atoms with Crippen LogP contribution >= 0.6 is 0 Å². The van der Waals surface area contributed by atoms with Gasteiger partial charge in [0.1, 0.15) is 18.1 Å². The van der Waals surface area contributed by atoms with Gasteiger partial charge >= 0.3 is 0 Å². The van der Waals surface area contributed by atoms with Crippen LogP contribution in [0.4, 0.5) is 5.69 Å². The van der Waals surface area contributed by atoms with Crippen molar-refractivity contribution in [1.29, 1.82) is 0 Å². The number of nitro benzene ring substituents is 1. The smallest absolute Gasteiger partial charge is 0.280 e. The minimum absolute atomic E-state index is 0.0540. The fourth-order valence-electron chi connectivity index (χ4n) is 4.16. The van der Waals surface area contributed by atoms with Gasteiger partial charge in [0, 0.05) is 16.8 Å². The standard InChI is InChI=1S/C27H20N4O5/c1-17-10-12-19(24(14-17)31(34)35)25-13-11-18(36-25)15-28-29-26(32)16-30-22-8-4-2-6-20(22)27(33)21-7-3-5-9-23(21)30/h2-15H,16H2,1H3,(H,29,32)/b28-15-. The van der Waals surface area contributed by atoms with E-state index in [0.29, 0.717) is 38.9 Å². The summed E-state index contributed by atoms with van der Waals surface area (Å²) in [7, 11) is 0. The highest BCUT2D eigenvalue weighted by atomic mass is 16.6. The molecule has 0 aliphatic carbocycles. The molecule has 1 N–H and O–H groups in total. The zero-order valence-corrected chi connectivity index (χ0v) is 19.2. The predicted octanol–water partition coefficient (Wildman–Crippen LogP) is 4.78. The Morgan fingerprint density at radius 1 is 1.03 bits per heavy atom. The molecule has 2 heterocycles. The predicted molar refractivity (Wildman–Crippen MR) is 137 cm³/mol. The van der Waals surface area contributed by atoms with Crippen molar-refractivity contribution in [2.45, 2.75) is 13.5 Å². The second-order valence-electron chi connectivity index (χ2n) is 8.22. The van der Waals surface area contributed by atoms with Gasteiger partial charge in [0.25, 0.3) is 11.6 Å². The third-order valence-electron chi connectivity index (χ3n) is 5.80. The van der Waals surface area contributed by atoms with E-state index in [1.54, 1.807) is 72.2 Å². The van der Waals surface area contributed by atoms with Crippen molar-refractivity contribution in [2.24, 2.45) is 5.10 Å². The number of nitrogens with one attached hydrogen (secondary N) is 1. The molecule has 0 atom stereocenters. The van der Waals surface area contributed by atoms with E-state index in [4.69, 9.17) is 4.42 Å². The largest absolute Gasteiger partial charge is 0.455 e. The quantitative estimate of drug-likeness (QED) is 0.162. The first kappa shape index (κ1) is 22.7. The first-order valence-corrected chi connectivity index (χ1v) is 11.1. The number of pyridine rings is 1. The molecule has 0 saturated heterocycles. The van der Waals surface area contributed by atoms with E-state index in [-0.39, 0.29) is 17.7 Å². The number of amides is 1. The molecule has 2 aromatic heterocycles. The van der Waals surface area contributed by atoms with Gasteiger partial charge in [-0.1, -0.05) is 30.3 Å². The average molecular weight is 480 g/mol. The third kappa shape index (κ3) is 4.25. The number of rotatable bonds is 6. The van der Waals surface area contributed by atoms with Crippen LogP contribution in [0.3, 0.4) is 0 Å². The van der Waals surface area contributed by atoms with Crippen LogP contribution < -0.4 is 10.9 Å². The summed E-state index contributed by atoms with van der Waals surface area (Å²) < 4.78 is 7.46. The van der Waals surface area contributed by atoms with Crippen molar-refractivity contribution < 1.29 is 14.1 Å². The van der Waals surface area contributed by atoms with Gasteiger partial charge in [-0.2, -0.15) is 5.10 Å². The van der Waals surface area contributed by atoms with E-state index in [0.717, 1.165) is 5.56 Å². The molecule has 0 fully saturated rings. The highest BCUT2D eigenvalue weighted by Gasteiger charge is 2.18. The number of nitrogens with zero attached hydrogens (tertiary/aromatic N) is 3. The van der Waals surface area contributed by atoms with Crippen molar-refractivity contribution in [2.75, 3.05) is 0 Å². The lowest BCUT2D eigenvalue weighted by atomic mass is 10.1. The van der Waals surface area contributed by atoms with Crippen LogP contribution in [0.2, 0.25) is 0 Å². The molecule has 36 heavy (non-hydrogen) atoms. The van der Waals surface area contributed by atoms with E-state index in [9.17, 15) is 19.7 Å². The van der Waals surface area contributed by atoms with Gasteiger partial charge in [0.2, 0.25) is 0 Å². The fourth-order valence-corrected chi connectivity index (χ4v) is 4.16. The van der Waals surface area contributed by atoms with E-state index in [1.165, 1.54) is 12.3 Å². The Bertz CT molecular complexity index is 1670. The maximum absolute atomic E-state index is 12.8. The molecule has 3 aromatic carbocycles. The number of furan rings is 1. The Morgan fingerprint density at radius 2 is 1.69 bits per heavy atom. The molecular weight excluding hydrogens is 460 g/mol. The molecule has 178 valence electrons. The lowest BCUT2D eigenvalue weighted by Gasteiger charge is -2.14. The molecule has 5 rings (SSSR count). The van der Waals surface area contributed by atoms with Crippen LogP contribution in [0.5, 0.6) is 0 Å². The van der Waals surface area contributed by atoms with Crippen molar-refractivity contribution in [3.8, 4) is 11.3 Å². The second kappa shape index (κ2) is 9.30. The summed E-state index contributed by atoms with van der Waals surface area (Å²) in [5, 5.41) is 16.4. The lowest BCUT2D eigenvalue weighted by Crippen LogP contribution is -2.25. The summed E-state index contributed by atoms with van der Waals surface area (Å²) in [5.74, 6) is 0.242. The Hall–Kier alpha value is -5.05. The molecule has 1 amide bonds. The van der Waals surface area contributed by atoms with Crippen LogP contribution in [-0.4, -0.2) is 21.6 Å². The minimum atomic E-state index is -0.455. The normalized spacial score (nSPS) is 11.4. The molecule has 0 radical (unpaired) electrons. The molecule has 0 aliphatic rings. The van der Waals surface area contributed by atoms with E-state index >= 15 is 0 Å². The lowest BCUT2D eigenvalue weighted by molar-refractivity contribution is -0.384.